The first-order chi connectivity index (χ1) is 17.1. The summed E-state index contributed by atoms with van der Waals surface area (Å²) in [6.07, 6.45) is 14.5. The van der Waals surface area contributed by atoms with E-state index in [4.69, 9.17) is 13.6 Å². The maximum Gasteiger partial charge on any atom is 0.647 e. The molecule has 4 nitrogen and oxygen atoms in total. The lowest BCUT2D eigenvalue weighted by Gasteiger charge is -2.22. The Hall–Kier alpha value is -3.49. The molecule has 0 amide bonds. The molecule has 0 spiro atoms. The molecule has 3 aromatic rings. The van der Waals surface area contributed by atoms with Gasteiger partial charge < -0.3 is 13.6 Å². The van der Waals surface area contributed by atoms with Gasteiger partial charge in [0.2, 0.25) is 0 Å². The van der Waals surface area contributed by atoms with E-state index in [1.807, 2.05) is 91.1 Å². The third kappa shape index (κ3) is 7.77. The van der Waals surface area contributed by atoms with Crippen LogP contribution in [0.2, 0.25) is 0 Å². The second kappa shape index (κ2) is 13.4. The van der Waals surface area contributed by atoms with E-state index in [0.717, 1.165) is 36.0 Å². The minimum Gasteiger partial charge on any atom is -0.385 e. The topological polar surface area (TPSA) is 44.8 Å². The molecule has 3 aromatic carbocycles. The second-order valence-corrected chi connectivity index (χ2v) is 9.21. The number of phosphoric ester groups is 1. The van der Waals surface area contributed by atoms with E-state index < -0.39 is 7.82 Å². The van der Waals surface area contributed by atoms with Crippen LogP contribution in [0.25, 0.3) is 18.2 Å². The number of para-hydroxylation sites is 3. The lowest BCUT2D eigenvalue weighted by atomic mass is 10.2. The molecule has 0 aromatic heterocycles. The number of allylic oxidation sites excluding steroid dienone is 3. The van der Waals surface area contributed by atoms with Gasteiger partial charge in [-0.3, -0.25) is 0 Å². The Kier molecular flexibility index (Phi) is 10.0. The fourth-order valence-electron chi connectivity index (χ4n) is 3.26. The zero-order valence-electron chi connectivity index (χ0n) is 20.6. The van der Waals surface area contributed by atoms with Gasteiger partial charge in [0.05, 0.1) is 0 Å². The fourth-order valence-corrected chi connectivity index (χ4v) is 4.59. The molecule has 0 aliphatic heterocycles. The van der Waals surface area contributed by atoms with E-state index in [1.54, 1.807) is 18.2 Å². The lowest BCUT2D eigenvalue weighted by Crippen LogP contribution is -2.09. The van der Waals surface area contributed by atoms with Crippen molar-refractivity contribution in [1.82, 2.24) is 0 Å². The van der Waals surface area contributed by atoms with Crippen molar-refractivity contribution in [3.63, 3.8) is 0 Å². The van der Waals surface area contributed by atoms with Crippen molar-refractivity contribution < 1.29 is 18.1 Å². The third-order valence-corrected chi connectivity index (χ3v) is 6.25. The van der Waals surface area contributed by atoms with Gasteiger partial charge in [-0.15, -0.1) is 0 Å². The molecule has 0 aliphatic carbocycles. The lowest BCUT2D eigenvalue weighted by molar-refractivity contribution is 0.298. The minimum atomic E-state index is -4.16. The molecule has 0 aliphatic rings. The maximum absolute atomic E-state index is 14.3. The summed E-state index contributed by atoms with van der Waals surface area (Å²) in [6, 6.07) is 22.2. The number of rotatable bonds is 12. The first-order valence-electron chi connectivity index (χ1n) is 12.0. The number of hydrogen-bond acceptors (Lipinski definition) is 4. The van der Waals surface area contributed by atoms with Crippen LogP contribution >= 0.6 is 7.82 Å². The molecule has 0 heterocycles. The molecule has 182 valence electrons. The summed E-state index contributed by atoms with van der Waals surface area (Å²) in [7, 11) is -4.16. The van der Waals surface area contributed by atoms with Crippen LogP contribution in [0, 0.1) is 0 Å². The zero-order valence-corrected chi connectivity index (χ0v) is 21.5. The van der Waals surface area contributed by atoms with Crippen LogP contribution in [-0.4, -0.2) is 0 Å². The van der Waals surface area contributed by atoms with Crippen molar-refractivity contribution in [3.05, 3.63) is 108 Å². The molecule has 0 unspecified atom stereocenters. The fraction of sp³-hybridized carbons (Fsp3) is 0.200. The highest BCUT2D eigenvalue weighted by atomic mass is 31.2. The number of benzene rings is 3. The van der Waals surface area contributed by atoms with Crippen molar-refractivity contribution in [3.8, 4) is 17.2 Å². The molecule has 0 radical (unpaired) electrons. The van der Waals surface area contributed by atoms with Crippen LogP contribution in [0.4, 0.5) is 0 Å². The predicted octanol–water partition coefficient (Wildman–Crippen LogP) is 9.60. The van der Waals surface area contributed by atoms with Gasteiger partial charge >= 0.3 is 7.82 Å². The summed E-state index contributed by atoms with van der Waals surface area (Å²) in [5.41, 5.74) is 2.38. The molecular formula is C30H33O4P. The van der Waals surface area contributed by atoms with Gasteiger partial charge in [-0.05, 0) is 37.5 Å². The Labute approximate surface area is 209 Å². The SMILES string of the molecule is CC/C=C/c1ccccc1OP(=O)(Oc1ccccc1/C=C/CC)Oc1ccccc1/C=C/CC. The summed E-state index contributed by atoms with van der Waals surface area (Å²) in [4.78, 5) is 0. The van der Waals surface area contributed by atoms with E-state index in [1.165, 1.54) is 0 Å². The first-order valence-corrected chi connectivity index (χ1v) is 13.5. The highest BCUT2D eigenvalue weighted by Crippen LogP contribution is 2.52. The van der Waals surface area contributed by atoms with Crippen LogP contribution in [0.15, 0.2) is 91.0 Å². The number of hydrogen-bond donors (Lipinski definition) is 0. The van der Waals surface area contributed by atoms with Crippen LogP contribution in [-0.2, 0) is 4.57 Å². The molecule has 0 atom stereocenters. The monoisotopic (exact) mass is 488 g/mol. The second-order valence-electron chi connectivity index (χ2n) is 7.77. The predicted molar refractivity (Wildman–Crippen MR) is 147 cm³/mol. The largest absolute Gasteiger partial charge is 0.647 e. The average molecular weight is 489 g/mol. The molecular weight excluding hydrogens is 455 g/mol. The van der Waals surface area contributed by atoms with E-state index in [-0.39, 0.29) is 0 Å². The van der Waals surface area contributed by atoms with Crippen molar-refractivity contribution in [2.24, 2.45) is 0 Å². The first kappa shape index (κ1) is 26.1. The molecule has 0 saturated carbocycles. The minimum absolute atomic E-state index is 0.420. The standard InChI is InChI=1S/C30H33O4P/c1-4-7-16-25-19-10-13-22-28(25)32-35(31,33-29-23-14-11-20-26(29)17-8-5-2)34-30-24-15-12-21-27(30)18-9-6-3/h7-24H,4-6H2,1-3H3/b16-7+,17-8+,18-9+. The molecule has 0 N–H and O–H groups in total. The zero-order chi connectivity index (χ0) is 24.9. The van der Waals surface area contributed by atoms with Crippen LogP contribution < -0.4 is 13.6 Å². The Morgan fingerprint density at radius 3 is 1.11 bits per heavy atom. The quantitative estimate of drug-likeness (QED) is 0.238. The van der Waals surface area contributed by atoms with Gasteiger partial charge in [0.25, 0.3) is 0 Å². The van der Waals surface area contributed by atoms with Gasteiger partial charge in [0.1, 0.15) is 17.2 Å². The smallest absolute Gasteiger partial charge is 0.385 e. The maximum atomic E-state index is 14.3. The summed E-state index contributed by atoms with van der Waals surface area (Å²) in [5, 5.41) is 0. The normalized spacial score (nSPS) is 12.0. The Balaban J connectivity index is 2.05. The summed E-state index contributed by atoms with van der Waals surface area (Å²) < 4.78 is 32.5. The highest BCUT2D eigenvalue weighted by molar-refractivity contribution is 7.49. The summed E-state index contributed by atoms with van der Waals surface area (Å²) in [5.74, 6) is 1.26. The van der Waals surface area contributed by atoms with Crippen molar-refractivity contribution in [1.29, 1.82) is 0 Å². The molecule has 0 bridgehead atoms. The van der Waals surface area contributed by atoms with Crippen molar-refractivity contribution in [2.75, 3.05) is 0 Å². The Bertz CT molecular complexity index is 1080. The van der Waals surface area contributed by atoms with Gasteiger partial charge in [-0.1, -0.05) is 112 Å². The van der Waals surface area contributed by atoms with Crippen molar-refractivity contribution in [2.45, 2.75) is 40.0 Å². The van der Waals surface area contributed by atoms with Crippen LogP contribution in [0.3, 0.4) is 0 Å². The van der Waals surface area contributed by atoms with E-state index in [9.17, 15) is 4.57 Å². The molecule has 0 saturated heterocycles. The van der Waals surface area contributed by atoms with Gasteiger partial charge in [0.15, 0.2) is 0 Å². The Morgan fingerprint density at radius 1 is 0.543 bits per heavy atom. The van der Waals surface area contributed by atoms with E-state index >= 15 is 0 Å². The highest BCUT2D eigenvalue weighted by Gasteiger charge is 2.35. The van der Waals surface area contributed by atoms with Gasteiger partial charge in [0, 0.05) is 16.7 Å². The van der Waals surface area contributed by atoms with Crippen LogP contribution in [0.1, 0.15) is 56.7 Å². The molecule has 5 heteroatoms. The number of phosphoric acid groups is 1. The van der Waals surface area contributed by atoms with E-state index in [0.29, 0.717) is 17.2 Å². The molecule has 3 rings (SSSR count). The third-order valence-electron chi connectivity index (χ3n) is 4.99. The molecule has 35 heavy (non-hydrogen) atoms. The van der Waals surface area contributed by atoms with Crippen molar-refractivity contribution >= 4 is 26.1 Å². The van der Waals surface area contributed by atoms with Gasteiger partial charge in [-0.25, -0.2) is 0 Å². The van der Waals surface area contributed by atoms with E-state index in [2.05, 4.69) is 20.8 Å². The Morgan fingerprint density at radius 2 is 0.829 bits per heavy atom. The summed E-state index contributed by atoms with van der Waals surface area (Å²) >= 11 is 0. The van der Waals surface area contributed by atoms with Gasteiger partial charge in [-0.2, -0.15) is 4.57 Å². The molecule has 0 fully saturated rings. The summed E-state index contributed by atoms with van der Waals surface area (Å²) in [6.45, 7) is 6.16. The van der Waals surface area contributed by atoms with Crippen LogP contribution in [0.5, 0.6) is 17.2 Å². The average Bonchev–Trinajstić information content (AvgIpc) is 2.87.